The van der Waals surface area contributed by atoms with Gasteiger partial charge in [-0.25, -0.2) is 0 Å². The zero-order valence-electron chi connectivity index (χ0n) is 30.1. The van der Waals surface area contributed by atoms with Crippen molar-refractivity contribution in [1.29, 1.82) is 0 Å². The molecule has 2 bridgehead atoms. The minimum absolute atomic E-state index is 0.0875. The summed E-state index contributed by atoms with van der Waals surface area (Å²) in [6, 6.07) is 0. The van der Waals surface area contributed by atoms with Crippen LogP contribution in [0.2, 0.25) is 0 Å². The van der Waals surface area contributed by atoms with Crippen molar-refractivity contribution in [3.63, 3.8) is 0 Å². The molecule has 0 unspecified atom stereocenters. The molecule has 1 spiro atoms. The fourth-order valence-electron chi connectivity index (χ4n) is 12.2. The van der Waals surface area contributed by atoms with Crippen molar-refractivity contribution in [2.45, 2.75) is 148 Å². The van der Waals surface area contributed by atoms with Gasteiger partial charge in [-0.05, 0) is 87.4 Å². The Balaban J connectivity index is 1.30. The lowest BCUT2D eigenvalue weighted by molar-refractivity contribution is -0.331. The van der Waals surface area contributed by atoms with Gasteiger partial charge in [-0.1, -0.05) is 58.4 Å². The molecule has 4 N–H and O–H groups in total. The van der Waals surface area contributed by atoms with Crippen LogP contribution >= 0.6 is 0 Å². The second kappa shape index (κ2) is 12.4. The van der Waals surface area contributed by atoms with Crippen molar-refractivity contribution in [3.8, 4) is 0 Å². The number of fused-ring (bicyclic) bond motifs is 2. The lowest BCUT2D eigenvalue weighted by Crippen LogP contribution is -2.66. The molecule has 0 aromatic carbocycles. The maximum atomic E-state index is 10.8. The van der Waals surface area contributed by atoms with Gasteiger partial charge in [-0.15, -0.1) is 0 Å². The van der Waals surface area contributed by atoms with E-state index < -0.39 is 48.3 Å². The molecule has 2 heterocycles. The Bertz CT molecular complexity index is 1210. The highest BCUT2D eigenvalue weighted by Crippen LogP contribution is 2.79. The van der Waals surface area contributed by atoms with Gasteiger partial charge in [-0.2, -0.15) is 0 Å². The van der Waals surface area contributed by atoms with E-state index in [1.165, 1.54) is 18.4 Å². The predicted molar refractivity (Wildman–Crippen MR) is 177 cm³/mol. The predicted octanol–water partition coefficient (Wildman–Crippen LogP) is 4.75. The van der Waals surface area contributed by atoms with Gasteiger partial charge < -0.3 is 44.1 Å². The average molecular weight is 663 g/mol. The number of ether oxygens (including phenoxy) is 5. The van der Waals surface area contributed by atoms with Crippen LogP contribution in [-0.2, 0) is 23.7 Å². The van der Waals surface area contributed by atoms with E-state index in [0.29, 0.717) is 17.8 Å². The summed E-state index contributed by atoms with van der Waals surface area (Å²) in [5.41, 5.74) is 0.209. The summed E-state index contributed by atoms with van der Waals surface area (Å²) in [5, 5.41) is 41.3. The first-order valence-electron chi connectivity index (χ1n) is 18.1. The SMILES string of the molecule is CO[C@@H]1O[C@]23C=C[C@@H]4[C@@]1(CC[C@]1(C)[C@@H]([C@H](C)C[C@H](C=C(C)C)OC)CC[C@@]41C)[C@@H]2CC[C@H](O[C@@H]1O[C@H](CO)[C@@H](O)[C@@H](O)[C@H]1O)C3(C)C. The molecule has 16 atom stereocenters. The standard InChI is InChI=1S/C38H62O9/c1-21(2)18-23(43-8)19-22(3)24-12-14-36(7)26-13-15-38-27(37(26,33(44-9)47-38)17-16-35(24,36)6)10-11-28(34(38,4)5)46-32-31(42)30(41)29(40)25(20-39)45-32/h13,15,18,22-33,39-42H,10-12,14,16-17,19-20H2,1-9H3/t22-,23+,24-,25-,26+,27+,28+,29-,30-,31-,32+,33-,35-,36+,37+,38-/m1/s1. The normalized spacial score (nSPS) is 51.1. The van der Waals surface area contributed by atoms with Crippen molar-refractivity contribution in [2.24, 2.45) is 45.3 Å². The van der Waals surface area contributed by atoms with Crippen LogP contribution in [0, 0.1) is 45.3 Å². The van der Waals surface area contributed by atoms with Crippen LogP contribution < -0.4 is 0 Å². The molecule has 0 amide bonds. The Kier molecular flexibility index (Phi) is 9.49. The molecule has 268 valence electrons. The van der Waals surface area contributed by atoms with Gasteiger partial charge in [0.2, 0.25) is 0 Å². The van der Waals surface area contributed by atoms with Gasteiger partial charge >= 0.3 is 0 Å². The highest BCUT2D eigenvalue weighted by atomic mass is 16.7. The van der Waals surface area contributed by atoms with Crippen molar-refractivity contribution >= 4 is 0 Å². The van der Waals surface area contributed by atoms with Crippen LogP contribution in [0.3, 0.4) is 0 Å². The number of hydrogen-bond acceptors (Lipinski definition) is 9. The molecule has 2 aliphatic heterocycles. The van der Waals surface area contributed by atoms with Gasteiger partial charge in [-0.3, -0.25) is 0 Å². The lowest BCUT2D eigenvalue weighted by atomic mass is 9.38. The summed E-state index contributed by atoms with van der Waals surface area (Å²) >= 11 is 0. The van der Waals surface area contributed by atoms with Crippen LogP contribution in [0.25, 0.3) is 0 Å². The van der Waals surface area contributed by atoms with E-state index in [4.69, 9.17) is 23.7 Å². The molecule has 4 aliphatic carbocycles. The summed E-state index contributed by atoms with van der Waals surface area (Å²) in [4.78, 5) is 0. The van der Waals surface area contributed by atoms with E-state index >= 15 is 0 Å². The minimum Gasteiger partial charge on any atom is -0.394 e. The number of hydrogen-bond donors (Lipinski definition) is 4. The van der Waals surface area contributed by atoms with E-state index in [1.807, 2.05) is 7.11 Å². The first-order valence-corrected chi connectivity index (χ1v) is 18.1. The van der Waals surface area contributed by atoms with Crippen LogP contribution in [0.1, 0.15) is 93.4 Å². The van der Waals surface area contributed by atoms with Gasteiger partial charge in [0.15, 0.2) is 12.6 Å². The minimum atomic E-state index is -1.48. The van der Waals surface area contributed by atoms with Crippen LogP contribution in [0.4, 0.5) is 0 Å². The lowest BCUT2D eigenvalue weighted by Gasteiger charge is -2.65. The highest BCUT2D eigenvalue weighted by Gasteiger charge is 2.78. The van der Waals surface area contributed by atoms with Crippen molar-refractivity contribution in [2.75, 3.05) is 20.8 Å². The molecule has 6 aliphatic rings. The topological polar surface area (TPSA) is 127 Å². The molecule has 5 fully saturated rings. The first kappa shape index (κ1) is 35.9. The number of allylic oxidation sites excluding steroid dienone is 2. The zero-order valence-corrected chi connectivity index (χ0v) is 30.1. The number of rotatable bonds is 9. The second-order valence-electron chi connectivity index (χ2n) is 17.3. The fourth-order valence-corrected chi connectivity index (χ4v) is 12.2. The number of aliphatic hydroxyl groups is 4. The number of methoxy groups -OCH3 is 2. The molecule has 9 heteroatoms. The molecule has 0 aromatic heterocycles. The summed E-state index contributed by atoms with van der Waals surface area (Å²) in [5.74, 6) is 1.69. The van der Waals surface area contributed by atoms with Crippen LogP contribution in [0.5, 0.6) is 0 Å². The van der Waals surface area contributed by atoms with Gasteiger partial charge in [0, 0.05) is 31.0 Å². The molecule has 47 heavy (non-hydrogen) atoms. The van der Waals surface area contributed by atoms with Crippen LogP contribution in [-0.4, -0.2) is 96.1 Å². The van der Waals surface area contributed by atoms with Crippen molar-refractivity contribution in [3.05, 3.63) is 23.8 Å². The molecular weight excluding hydrogens is 600 g/mol. The zero-order chi connectivity index (χ0) is 34.3. The fraction of sp³-hybridized carbons (Fsp3) is 0.895. The van der Waals surface area contributed by atoms with Crippen molar-refractivity contribution in [1.82, 2.24) is 0 Å². The Labute approximate surface area is 282 Å². The third-order valence-electron chi connectivity index (χ3n) is 14.9. The van der Waals surface area contributed by atoms with E-state index in [2.05, 4.69) is 66.7 Å². The molecule has 9 nitrogen and oxygen atoms in total. The second-order valence-corrected chi connectivity index (χ2v) is 17.3. The Morgan fingerprint density at radius 3 is 2.32 bits per heavy atom. The van der Waals surface area contributed by atoms with Crippen molar-refractivity contribution < 1.29 is 44.1 Å². The summed E-state index contributed by atoms with van der Waals surface area (Å²) in [7, 11) is 3.62. The monoisotopic (exact) mass is 662 g/mol. The van der Waals surface area contributed by atoms with E-state index in [-0.39, 0.29) is 40.7 Å². The van der Waals surface area contributed by atoms with Crippen LogP contribution in [0.15, 0.2) is 23.8 Å². The van der Waals surface area contributed by atoms with E-state index in [9.17, 15) is 20.4 Å². The van der Waals surface area contributed by atoms with Gasteiger partial charge in [0.05, 0.1) is 18.8 Å². The third-order valence-corrected chi connectivity index (χ3v) is 14.9. The van der Waals surface area contributed by atoms with E-state index in [1.54, 1.807) is 7.11 Å². The molecule has 2 saturated heterocycles. The molecule has 0 radical (unpaired) electrons. The average Bonchev–Trinajstić information content (AvgIpc) is 3.40. The maximum absolute atomic E-state index is 10.8. The Morgan fingerprint density at radius 1 is 0.957 bits per heavy atom. The van der Waals surface area contributed by atoms with E-state index in [0.717, 1.165) is 32.1 Å². The smallest absolute Gasteiger partial charge is 0.186 e. The molecule has 3 saturated carbocycles. The quantitative estimate of drug-likeness (QED) is 0.259. The Morgan fingerprint density at radius 2 is 1.68 bits per heavy atom. The third kappa shape index (κ3) is 4.95. The summed E-state index contributed by atoms with van der Waals surface area (Å²) in [6.45, 7) is 15.7. The maximum Gasteiger partial charge on any atom is 0.186 e. The largest absolute Gasteiger partial charge is 0.394 e. The summed E-state index contributed by atoms with van der Waals surface area (Å²) < 4.78 is 31.7. The summed E-state index contributed by atoms with van der Waals surface area (Å²) in [6.07, 6.45) is 7.16. The first-order chi connectivity index (χ1) is 22.1. The highest BCUT2D eigenvalue weighted by molar-refractivity contribution is 5.34. The molecule has 0 aromatic rings. The number of aliphatic hydroxyl groups excluding tert-OH is 4. The Hall–Kier alpha value is -0.880. The van der Waals surface area contributed by atoms with Gasteiger partial charge in [0.1, 0.15) is 30.0 Å². The molecular formula is C38H62O9. The van der Waals surface area contributed by atoms with Gasteiger partial charge in [0.25, 0.3) is 0 Å². The molecule has 6 rings (SSSR count).